The first-order valence-corrected chi connectivity index (χ1v) is 5.68. The normalized spacial score (nSPS) is 21.7. The van der Waals surface area contributed by atoms with Gasteiger partial charge in [-0.15, -0.1) is 0 Å². The molecule has 0 bridgehead atoms. The largest absolute Gasteiger partial charge is 0.462 e. The third kappa shape index (κ3) is 4.00. The van der Waals surface area contributed by atoms with Crippen LogP contribution in [-0.4, -0.2) is 37.9 Å². The molecule has 1 fully saturated rings. The van der Waals surface area contributed by atoms with Crippen molar-refractivity contribution in [2.75, 3.05) is 19.8 Å². The third-order valence-electron chi connectivity index (χ3n) is 2.55. The molecule has 1 rings (SSSR count). The van der Waals surface area contributed by atoms with Crippen molar-refractivity contribution in [2.24, 2.45) is 5.92 Å². The fourth-order valence-electron chi connectivity index (χ4n) is 1.29. The molecule has 100 valence electrons. The maximum atomic E-state index is 11.2. The van der Waals surface area contributed by atoms with Gasteiger partial charge in [-0.05, 0) is 13.8 Å². The molecule has 18 heavy (non-hydrogen) atoms. The average Bonchev–Trinajstić information content (AvgIpc) is 2.27. The molecule has 1 aliphatic rings. The van der Waals surface area contributed by atoms with Crippen molar-refractivity contribution in [3.05, 3.63) is 24.3 Å². The standard InChI is InChI=1S/C13H18O5/c1-8(2)12(14)17-6-10-5-16-11(10)7-18-13(15)9(3)4/h10-11H,1,3,5-7H2,2,4H3. The van der Waals surface area contributed by atoms with Crippen LogP contribution < -0.4 is 0 Å². The fraction of sp³-hybridized carbons (Fsp3) is 0.538. The van der Waals surface area contributed by atoms with E-state index in [1.807, 2.05) is 0 Å². The Morgan fingerprint density at radius 3 is 2.00 bits per heavy atom. The lowest BCUT2D eigenvalue weighted by atomic mass is 10.00. The molecule has 0 N–H and O–H groups in total. The summed E-state index contributed by atoms with van der Waals surface area (Å²) in [6.45, 7) is 11.0. The van der Waals surface area contributed by atoms with Gasteiger partial charge in [-0.2, -0.15) is 0 Å². The monoisotopic (exact) mass is 254 g/mol. The molecule has 1 heterocycles. The fourth-order valence-corrected chi connectivity index (χ4v) is 1.29. The van der Waals surface area contributed by atoms with Crippen LogP contribution in [0, 0.1) is 5.92 Å². The highest BCUT2D eigenvalue weighted by Crippen LogP contribution is 2.21. The molecule has 2 unspecified atom stereocenters. The van der Waals surface area contributed by atoms with Crippen molar-refractivity contribution in [2.45, 2.75) is 20.0 Å². The average molecular weight is 254 g/mol. The van der Waals surface area contributed by atoms with Crippen molar-refractivity contribution in [3.63, 3.8) is 0 Å². The first kappa shape index (κ1) is 14.4. The predicted octanol–water partition coefficient (Wildman–Crippen LogP) is 1.24. The summed E-state index contributed by atoms with van der Waals surface area (Å²) in [5, 5.41) is 0. The van der Waals surface area contributed by atoms with Gasteiger partial charge in [0.2, 0.25) is 0 Å². The van der Waals surface area contributed by atoms with Crippen LogP contribution in [0.2, 0.25) is 0 Å². The Morgan fingerprint density at radius 2 is 1.61 bits per heavy atom. The Balaban J connectivity index is 2.25. The molecule has 0 aliphatic carbocycles. The van der Waals surface area contributed by atoms with Gasteiger partial charge in [0.15, 0.2) is 0 Å². The number of carbonyl (C=O) groups excluding carboxylic acids is 2. The van der Waals surface area contributed by atoms with Crippen LogP contribution in [-0.2, 0) is 23.8 Å². The van der Waals surface area contributed by atoms with Gasteiger partial charge >= 0.3 is 11.9 Å². The zero-order chi connectivity index (χ0) is 13.7. The molecule has 0 saturated carbocycles. The maximum absolute atomic E-state index is 11.2. The summed E-state index contributed by atoms with van der Waals surface area (Å²) in [7, 11) is 0. The van der Waals surface area contributed by atoms with Gasteiger partial charge in [0.1, 0.15) is 6.61 Å². The molecule has 0 aromatic carbocycles. The summed E-state index contributed by atoms with van der Waals surface area (Å²) in [5.41, 5.74) is 0.708. The Morgan fingerprint density at radius 1 is 1.11 bits per heavy atom. The zero-order valence-corrected chi connectivity index (χ0v) is 10.7. The summed E-state index contributed by atoms with van der Waals surface area (Å²) >= 11 is 0. The van der Waals surface area contributed by atoms with E-state index >= 15 is 0 Å². The topological polar surface area (TPSA) is 61.8 Å². The molecular weight excluding hydrogens is 236 g/mol. The van der Waals surface area contributed by atoms with Crippen LogP contribution >= 0.6 is 0 Å². The minimum atomic E-state index is -0.441. The van der Waals surface area contributed by atoms with Gasteiger partial charge in [-0.1, -0.05) is 13.2 Å². The highest BCUT2D eigenvalue weighted by atomic mass is 16.6. The molecule has 2 atom stereocenters. The molecule has 5 heteroatoms. The summed E-state index contributed by atoms with van der Waals surface area (Å²) in [4.78, 5) is 22.4. The summed E-state index contributed by atoms with van der Waals surface area (Å²) in [5.74, 6) is -0.797. The smallest absolute Gasteiger partial charge is 0.333 e. The minimum Gasteiger partial charge on any atom is -0.462 e. The van der Waals surface area contributed by atoms with Crippen molar-refractivity contribution in [3.8, 4) is 0 Å². The van der Waals surface area contributed by atoms with Gasteiger partial charge in [-0.25, -0.2) is 9.59 Å². The van der Waals surface area contributed by atoms with E-state index in [0.29, 0.717) is 17.8 Å². The van der Waals surface area contributed by atoms with Crippen molar-refractivity contribution in [1.29, 1.82) is 0 Å². The number of rotatable bonds is 6. The van der Waals surface area contributed by atoms with Crippen LogP contribution in [0.1, 0.15) is 13.8 Å². The van der Waals surface area contributed by atoms with Crippen LogP contribution in [0.25, 0.3) is 0 Å². The minimum absolute atomic E-state index is 0.0613. The number of hydrogen-bond acceptors (Lipinski definition) is 5. The molecule has 0 spiro atoms. The highest BCUT2D eigenvalue weighted by molar-refractivity contribution is 5.87. The van der Waals surface area contributed by atoms with Crippen molar-refractivity contribution >= 4 is 11.9 Å². The Hall–Kier alpha value is -1.62. The van der Waals surface area contributed by atoms with Crippen LogP contribution in [0.15, 0.2) is 24.3 Å². The van der Waals surface area contributed by atoms with E-state index < -0.39 is 11.9 Å². The van der Waals surface area contributed by atoms with E-state index in [9.17, 15) is 9.59 Å². The Bertz CT molecular complexity index is 336. The van der Waals surface area contributed by atoms with Gasteiger partial charge in [0, 0.05) is 17.1 Å². The van der Waals surface area contributed by atoms with E-state index in [2.05, 4.69) is 13.2 Å². The number of carbonyl (C=O) groups is 2. The van der Waals surface area contributed by atoms with Crippen molar-refractivity contribution in [1.82, 2.24) is 0 Å². The second-order valence-electron chi connectivity index (χ2n) is 4.39. The number of ether oxygens (including phenoxy) is 3. The lowest BCUT2D eigenvalue weighted by molar-refractivity contribution is -0.178. The van der Waals surface area contributed by atoms with Crippen molar-refractivity contribution < 1.29 is 23.8 Å². The third-order valence-corrected chi connectivity index (χ3v) is 2.55. The second-order valence-corrected chi connectivity index (χ2v) is 4.39. The van der Waals surface area contributed by atoms with E-state index in [1.54, 1.807) is 13.8 Å². The van der Waals surface area contributed by atoms with E-state index in [0.717, 1.165) is 0 Å². The van der Waals surface area contributed by atoms with Crippen LogP contribution in [0.5, 0.6) is 0 Å². The summed E-state index contributed by atoms with van der Waals surface area (Å²) < 4.78 is 15.2. The van der Waals surface area contributed by atoms with Gasteiger partial charge in [0.05, 0.1) is 19.3 Å². The first-order valence-electron chi connectivity index (χ1n) is 5.68. The Kier molecular flexibility index (Phi) is 5.09. The van der Waals surface area contributed by atoms with E-state index in [4.69, 9.17) is 14.2 Å². The Labute approximate surface area is 106 Å². The number of esters is 2. The van der Waals surface area contributed by atoms with E-state index in [-0.39, 0.29) is 25.2 Å². The quantitative estimate of drug-likeness (QED) is 0.527. The molecule has 0 aromatic heterocycles. The van der Waals surface area contributed by atoms with Crippen LogP contribution in [0.3, 0.4) is 0 Å². The lowest BCUT2D eigenvalue weighted by Crippen LogP contribution is -2.46. The number of hydrogen-bond donors (Lipinski definition) is 0. The van der Waals surface area contributed by atoms with Gasteiger partial charge in [0.25, 0.3) is 0 Å². The molecule has 0 aromatic rings. The molecule has 1 aliphatic heterocycles. The van der Waals surface area contributed by atoms with Gasteiger partial charge in [-0.3, -0.25) is 0 Å². The second kappa shape index (κ2) is 6.35. The zero-order valence-electron chi connectivity index (χ0n) is 10.7. The van der Waals surface area contributed by atoms with Crippen LogP contribution in [0.4, 0.5) is 0 Å². The molecule has 1 saturated heterocycles. The first-order chi connectivity index (χ1) is 8.41. The lowest BCUT2D eigenvalue weighted by Gasteiger charge is -2.35. The predicted molar refractivity (Wildman–Crippen MR) is 64.8 cm³/mol. The maximum Gasteiger partial charge on any atom is 0.333 e. The molecule has 0 radical (unpaired) electrons. The summed E-state index contributed by atoms with van der Waals surface area (Å²) in [6.07, 6.45) is -0.216. The van der Waals surface area contributed by atoms with E-state index in [1.165, 1.54) is 0 Å². The molecular formula is C13H18O5. The molecule has 0 amide bonds. The summed E-state index contributed by atoms with van der Waals surface area (Å²) in [6, 6.07) is 0. The SMILES string of the molecule is C=C(C)C(=O)OCC1COC1COC(=O)C(=C)C. The van der Waals surface area contributed by atoms with Gasteiger partial charge < -0.3 is 14.2 Å². The highest BCUT2D eigenvalue weighted by Gasteiger charge is 2.34. The molecule has 5 nitrogen and oxygen atoms in total.